The van der Waals surface area contributed by atoms with E-state index in [1.807, 2.05) is 0 Å². The molecule has 2 aromatic rings. The maximum Gasteiger partial charge on any atom is 0.121 e. The third-order valence-electron chi connectivity index (χ3n) is 4.35. The second kappa shape index (κ2) is 5.42. The van der Waals surface area contributed by atoms with Gasteiger partial charge in [0.15, 0.2) is 0 Å². The van der Waals surface area contributed by atoms with Gasteiger partial charge in [-0.3, -0.25) is 0 Å². The minimum atomic E-state index is 0.453. The minimum Gasteiger partial charge on any atom is -0.371 e. The maximum absolute atomic E-state index is 5.63. The second-order valence-electron chi connectivity index (χ2n) is 5.73. The predicted octanol–water partition coefficient (Wildman–Crippen LogP) is 1.55. The van der Waals surface area contributed by atoms with E-state index in [1.165, 1.54) is 31.6 Å². The number of benzene rings is 1. The van der Waals surface area contributed by atoms with E-state index in [0.717, 1.165) is 16.9 Å². The van der Waals surface area contributed by atoms with E-state index in [9.17, 15) is 0 Å². The number of nitrogens with one attached hydrogen (secondary N) is 1. The number of aromatic nitrogens is 2. The molecule has 1 aromatic carbocycles. The number of H-pyrrole nitrogens is 1. The van der Waals surface area contributed by atoms with Gasteiger partial charge in [0.25, 0.3) is 0 Å². The quantitative estimate of drug-likeness (QED) is 0.891. The number of nitrogens with two attached hydrogens (primary N) is 1. The molecule has 0 spiro atoms. The molecule has 108 valence electrons. The van der Waals surface area contributed by atoms with Gasteiger partial charge >= 0.3 is 0 Å². The number of rotatable bonds is 3. The van der Waals surface area contributed by atoms with Crippen molar-refractivity contribution in [3.8, 4) is 0 Å². The van der Waals surface area contributed by atoms with E-state index in [-0.39, 0.29) is 0 Å². The van der Waals surface area contributed by atoms with Crippen LogP contribution in [0.4, 0.5) is 5.69 Å². The molecule has 3 rings (SSSR count). The van der Waals surface area contributed by atoms with Gasteiger partial charge in [-0.2, -0.15) is 0 Å². The van der Waals surface area contributed by atoms with Crippen LogP contribution >= 0.6 is 0 Å². The lowest BCUT2D eigenvalue weighted by atomic mass is 10.0. The van der Waals surface area contributed by atoms with Crippen molar-refractivity contribution < 1.29 is 0 Å². The molecule has 3 N–H and O–H groups in total. The highest BCUT2D eigenvalue weighted by atomic mass is 15.2. The predicted molar refractivity (Wildman–Crippen MR) is 82.9 cm³/mol. The van der Waals surface area contributed by atoms with Crippen LogP contribution in [0.25, 0.3) is 11.0 Å². The van der Waals surface area contributed by atoms with Crippen LogP contribution in [-0.4, -0.2) is 48.1 Å². The minimum absolute atomic E-state index is 0.453. The zero-order valence-corrected chi connectivity index (χ0v) is 12.3. The molecule has 20 heavy (non-hydrogen) atoms. The Bertz CT molecular complexity index is 583. The standard InChI is InChI=1S/C15H23N5/c1-19-7-5-11(6-8-19)20(2)12-3-4-13-14(9-12)18-15(10-16)17-13/h3-4,9,11H,5-8,10,16H2,1-2H3,(H,17,18). The topological polar surface area (TPSA) is 61.2 Å². The molecule has 1 aliphatic rings. The molecule has 0 radical (unpaired) electrons. The first-order valence-electron chi connectivity index (χ1n) is 7.27. The van der Waals surface area contributed by atoms with Crippen molar-refractivity contribution in [2.24, 2.45) is 5.73 Å². The number of imidazole rings is 1. The molecule has 1 fully saturated rings. The fraction of sp³-hybridized carbons (Fsp3) is 0.533. The lowest BCUT2D eigenvalue weighted by Crippen LogP contribution is -2.41. The summed E-state index contributed by atoms with van der Waals surface area (Å²) in [5, 5.41) is 0. The SMILES string of the molecule is CN1CCC(N(C)c2ccc3nc(CN)[nH]c3c2)CC1. The van der Waals surface area contributed by atoms with Crippen molar-refractivity contribution in [2.75, 3.05) is 32.1 Å². The van der Waals surface area contributed by atoms with E-state index < -0.39 is 0 Å². The molecular weight excluding hydrogens is 250 g/mol. The monoisotopic (exact) mass is 273 g/mol. The number of hydrogen-bond acceptors (Lipinski definition) is 4. The van der Waals surface area contributed by atoms with Gasteiger partial charge in [-0.15, -0.1) is 0 Å². The molecule has 2 heterocycles. The van der Waals surface area contributed by atoms with Gasteiger partial charge in [-0.1, -0.05) is 0 Å². The summed E-state index contributed by atoms with van der Waals surface area (Å²) in [7, 11) is 4.39. The molecule has 0 unspecified atom stereocenters. The van der Waals surface area contributed by atoms with Gasteiger partial charge in [0.1, 0.15) is 5.82 Å². The summed E-state index contributed by atoms with van der Waals surface area (Å²) in [6.45, 7) is 2.81. The molecule has 0 atom stereocenters. The molecule has 0 aliphatic carbocycles. The fourth-order valence-electron chi connectivity index (χ4n) is 2.96. The van der Waals surface area contributed by atoms with E-state index in [1.54, 1.807) is 0 Å². The number of nitrogens with zero attached hydrogens (tertiary/aromatic N) is 3. The average Bonchev–Trinajstić information content (AvgIpc) is 2.89. The van der Waals surface area contributed by atoms with Gasteiger partial charge in [-0.25, -0.2) is 4.98 Å². The number of piperidine rings is 1. The lowest BCUT2D eigenvalue weighted by Gasteiger charge is -2.36. The van der Waals surface area contributed by atoms with E-state index in [2.05, 4.69) is 52.1 Å². The average molecular weight is 273 g/mol. The Kier molecular flexibility index (Phi) is 3.63. The van der Waals surface area contributed by atoms with Crippen LogP contribution in [0.2, 0.25) is 0 Å². The van der Waals surface area contributed by atoms with Crippen LogP contribution in [0.3, 0.4) is 0 Å². The molecule has 1 saturated heterocycles. The van der Waals surface area contributed by atoms with E-state index in [4.69, 9.17) is 5.73 Å². The highest BCUT2D eigenvalue weighted by molar-refractivity contribution is 5.79. The number of fused-ring (bicyclic) bond motifs is 1. The Morgan fingerprint density at radius 1 is 1.40 bits per heavy atom. The summed E-state index contributed by atoms with van der Waals surface area (Å²) < 4.78 is 0. The van der Waals surface area contributed by atoms with Gasteiger partial charge in [0.05, 0.1) is 17.6 Å². The Morgan fingerprint density at radius 3 is 2.85 bits per heavy atom. The van der Waals surface area contributed by atoms with Crippen LogP contribution in [0.5, 0.6) is 0 Å². The third kappa shape index (κ3) is 2.51. The Hall–Kier alpha value is -1.59. The first-order chi connectivity index (χ1) is 9.67. The van der Waals surface area contributed by atoms with Crippen molar-refractivity contribution in [2.45, 2.75) is 25.4 Å². The first kappa shape index (κ1) is 13.4. The Morgan fingerprint density at radius 2 is 2.15 bits per heavy atom. The number of likely N-dealkylation sites (tertiary alicyclic amines) is 1. The van der Waals surface area contributed by atoms with Crippen LogP contribution in [0.15, 0.2) is 18.2 Å². The summed E-state index contributed by atoms with van der Waals surface area (Å²) in [6, 6.07) is 7.04. The van der Waals surface area contributed by atoms with Crippen molar-refractivity contribution in [1.29, 1.82) is 0 Å². The fourth-order valence-corrected chi connectivity index (χ4v) is 2.96. The maximum atomic E-state index is 5.63. The van der Waals surface area contributed by atoms with Crippen LogP contribution in [0.1, 0.15) is 18.7 Å². The van der Waals surface area contributed by atoms with Crippen molar-refractivity contribution in [3.63, 3.8) is 0 Å². The van der Waals surface area contributed by atoms with Crippen molar-refractivity contribution in [3.05, 3.63) is 24.0 Å². The van der Waals surface area contributed by atoms with Crippen molar-refractivity contribution >= 4 is 16.7 Å². The second-order valence-corrected chi connectivity index (χ2v) is 5.73. The smallest absolute Gasteiger partial charge is 0.121 e. The van der Waals surface area contributed by atoms with Crippen LogP contribution in [0, 0.1) is 0 Å². The lowest BCUT2D eigenvalue weighted by molar-refractivity contribution is 0.253. The van der Waals surface area contributed by atoms with E-state index >= 15 is 0 Å². The number of aromatic amines is 1. The molecular formula is C15H23N5. The summed E-state index contributed by atoms with van der Waals surface area (Å²) in [5.41, 5.74) is 8.95. The zero-order chi connectivity index (χ0) is 14.1. The summed E-state index contributed by atoms with van der Waals surface area (Å²) in [5.74, 6) is 0.846. The molecule has 0 saturated carbocycles. The summed E-state index contributed by atoms with van der Waals surface area (Å²) >= 11 is 0. The van der Waals surface area contributed by atoms with Gasteiger partial charge < -0.3 is 20.5 Å². The molecule has 1 aliphatic heterocycles. The molecule has 5 heteroatoms. The van der Waals surface area contributed by atoms with Crippen molar-refractivity contribution in [1.82, 2.24) is 14.9 Å². The Balaban J connectivity index is 1.82. The molecule has 0 bridgehead atoms. The molecule has 0 amide bonds. The molecule has 5 nitrogen and oxygen atoms in total. The highest BCUT2D eigenvalue weighted by Crippen LogP contribution is 2.24. The highest BCUT2D eigenvalue weighted by Gasteiger charge is 2.21. The van der Waals surface area contributed by atoms with Gasteiger partial charge in [0, 0.05) is 18.8 Å². The zero-order valence-electron chi connectivity index (χ0n) is 12.3. The number of hydrogen-bond donors (Lipinski definition) is 2. The summed E-state index contributed by atoms with van der Waals surface area (Å²) in [6.07, 6.45) is 2.45. The normalized spacial score (nSPS) is 17.8. The Labute approximate surface area is 119 Å². The number of anilines is 1. The third-order valence-corrected chi connectivity index (χ3v) is 4.35. The van der Waals surface area contributed by atoms with Gasteiger partial charge in [0.2, 0.25) is 0 Å². The van der Waals surface area contributed by atoms with Gasteiger partial charge in [-0.05, 0) is 51.2 Å². The van der Waals surface area contributed by atoms with E-state index in [0.29, 0.717) is 12.6 Å². The van der Waals surface area contributed by atoms with Crippen LogP contribution < -0.4 is 10.6 Å². The first-order valence-corrected chi connectivity index (χ1v) is 7.27. The largest absolute Gasteiger partial charge is 0.371 e. The summed E-state index contributed by atoms with van der Waals surface area (Å²) in [4.78, 5) is 12.5. The van der Waals surface area contributed by atoms with Crippen LogP contribution in [-0.2, 0) is 6.54 Å². The molecule has 1 aromatic heterocycles.